The summed E-state index contributed by atoms with van der Waals surface area (Å²) in [4.78, 5) is 26.0. The number of ketones is 1. The van der Waals surface area contributed by atoms with E-state index in [1.54, 1.807) is 12.1 Å². The zero-order chi connectivity index (χ0) is 18.3. The summed E-state index contributed by atoms with van der Waals surface area (Å²) in [6.07, 6.45) is 6.03. The van der Waals surface area contributed by atoms with Crippen LogP contribution >= 0.6 is 0 Å². The van der Waals surface area contributed by atoms with E-state index in [4.69, 9.17) is 13.9 Å². The number of Topliss-reactive ketones (excluding diaryl/α,β-unsaturated/α-hetero) is 1. The van der Waals surface area contributed by atoms with Gasteiger partial charge in [-0.1, -0.05) is 0 Å². The number of nitrogens with zero attached hydrogens (tertiary/aromatic N) is 1. The summed E-state index contributed by atoms with van der Waals surface area (Å²) in [5.74, 6) is 0.168. The highest BCUT2D eigenvalue weighted by Gasteiger charge is 2.30. The van der Waals surface area contributed by atoms with Gasteiger partial charge in [0.2, 0.25) is 5.78 Å². The van der Waals surface area contributed by atoms with Crippen molar-refractivity contribution in [2.45, 2.75) is 64.5 Å². The second-order valence-corrected chi connectivity index (χ2v) is 7.42. The van der Waals surface area contributed by atoms with Crippen LogP contribution < -0.4 is 0 Å². The van der Waals surface area contributed by atoms with Crippen molar-refractivity contribution in [2.24, 2.45) is 0 Å². The lowest BCUT2D eigenvalue weighted by Gasteiger charge is -2.36. The number of hydrogen-bond acceptors (Lipinski definition) is 5. The number of hydrogen-bond donors (Lipinski definition) is 0. The molecule has 0 unspecified atom stereocenters. The molecule has 2 heterocycles. The lowest BCUT2D eigenvalue weighted by molar-refractivity contribution is 0.00758. The van der Waals surface area contributed by atoms with E-state index < -0.39 is 5.60 Å². The Morgan fingerprint density at radius 2 is 2.12 bits per heavy atom. The Morgan fingerprint density at radius 3 is 2.80 bits per heavy atom. The minimum atomic E-state index is -0.478. The molecule has 0 aliphatic carbocycles. The molecule has 1 saturated heterocycles. The van der Waals surface area contributed by atoms with Crippen molar-refractivity contribution in [2.75, 3.05) is 19.8 Å². The highest BCUT2D eigenvalue weighted by atomic mass is 16.6. The second-order valence-electron chi connectivity index (χ2n) is 7.42. The molecule has 6 heteroatoms. The van der Waals surface area contributed by atoms with Gasteiger partial charge in [-0.25, -0.2) is 4.79 Å². The summed E-state index contributed by atoms with van der Waals surface area (Å²) in [5.41, 5.74) is -0.478. The van der Waals surface area contributed by atoms with Crippen molar-refractivity contribution >= 4 is 11.9 Å². The lowest BCUT2D eigenvalue weighted by atomic mass is 9.98. The Kier molecular flexibility index (Phi) is 7.05. The molecular formula is C19H29NO5. The van der Waals surface area contributed by atoms with Gasteiger partial charge in [0.25, 0.3) is 0 Å². The van der Waals surface area contributed by atoms with Gasteiger partial charge in [-0.05, 0) is 65.0 Å². The third-order valence-electron chi connectivity index (χ3n) is 4.11. The molecule has 0 N–H and O–H groups in total. The molecule has 1 aromatic heterocycles. The van der Waals surface area contributed by atoms with E-state index in [9.17, 15) is 9.59 Å². The van der Waals surface area contributed by atoms with Crippen molar-refractivity contribution in [3.8, 4) is 0 Å². The normalized spacial score (nSPS) is 18.2. The molecule has 1 atom stereocenters. The van der Waals surface area contributed by atoms with E-state index in [0.29, 0.717) is 12.4 Å². The van der Waals surface area contributed by atoms with Gasteiger partial charge in [0, 0.05) is 19.2 Å². The van der Waals surface area contributed by atoms with Crippen LogP contribution in [0.25, 0.3) is 0 Å². The molecule has 1 aromatic rings. The number of likely N-dealkylation sites (tertiary alicyclic amines) is 1. The van der Waals surface area contributed by atoms with E-state index >= 15 is 0 Å². The Morgan fingerprint density at radius 1 is 1.32 bits per heavy atom. The molecule has 0 radical (unpaired) electrons. The summed E-state index contributed by atoms with van der Waals surface area (Å²) in [6.45, 7) is 6.91. The topological polar surface area (TPSA) is 69.0 Å². The Labute approximate surface area is 149 Å². The van der Waals surface area contributed by atoms with Gasteiger partial charge in [0.15, 0.2) is 5.76 Å². The molecule has 1 fully saturated rings. The number of carbonyl (C=O) groups is 2. The van der Waals surface area contributed by atoms with Crippen LogP contribution in [0, 0.1) is 0 Å². The first-order chi connectivity index (χ1) is 11.9. The quantitative estimate of drug-likeness (QED) is 0.547. The van der Waals surface area contributed by atoms with Crippen molar-refractivity contribution in [1.82, 2.24) is 4.90 Å². The first-order valence-electron chi connectivity index (χ1n) is 9.01. The van der Waals surface area contributed by atoms with Crippen molar-refractivity contribution in [3.05, 3.63) is 24.2 Å². The predicted octanol–water partition coefficient (Wildman–Crippen LogP) is 4.05. The molecule has 2 rings (SSSR count). The summed E-state index contributed by atoms with van der Waals surface area (Å²) < 4.78 is 16.0. The first kappa shape index (κ1) is 19.5. The first-order valence-corrected chi connectivity index (χ1v) is 9.01. The fourth-order valence-corrected chi connectivity index (χ4v) is 2.96. The molecule has 0 bridgehead atoms. The maximum Gasteiger partial charge on any atom is 0.410 e. The monoisotopic (exact) mass is 351 g/mol. The molecule has 0 aromatic carbocycles. The van der Waals surface area contributed by atoms with E-state index in [-0.39, 0.29) is 24.5 Å². The van der Waals surface area contributed by atoms with Crippen LogP contribution in [0.3, 0.4) is 0 Å². The Bertz CT molecular complexity index is 547. The largest absolute Gasteiger partial charge is 0.461 e. The van der Waals surface area contributed by atoms with Gasteiger partial charge in [-0.15, -0.1) is 0 Å². The number of carbonyl (C=O) groups excluding carboxylic acids is 2. The van der Waals surface area contributed by atoms with Gasteiger partial charge in [-0.2, -0.15) is 0 Å². The third kappa shape index (κ3) is 6.53. The molecule has 1 aliphatic rings. The number of furan rings is 1. The predicted molar refractivity (Wildman–Crippen MR) is 93.7 cm³/mol. The molecule has 1 aliphatic heterocycles. The maximum atomic E-state index is 12.4. The Balaban J connectivity index is 1.70. The molecule has 0 saturated carbocycles. The molecule has 6 nitrogen and oxygen atoms in total. The molecular weight excluding hydrogens is 322 g/mol. The van der Waals surface area contributed by atoms with Gasteiger partial charge in [0.1, 0.15) is 12.2 Å². The molecule has 25 heavy (non-hydrogen) atoms. The standard InChI is InChI=1S/C19H29NO5/c1-19(2,3)25-18(22)20-11-5-4-8-15(20)9-6-12-23-14-16(21)17-10-7-13-24-17/h7,10,13,15H,4-6,8-9,11-12,14H2,1-3H3/t15-/m1/s1. The maximum absolute atomic E-state index is 12.4. The van der Waals surface area contributed by atoms with Crippen LogP contribution in [-0.4, -0.2) is 48.2 Å². The summed E-state index contributed by atoms with van der Waals surface area (Å²) in [5, 5.41) is 0. The minimum Gasteiger partial charge on any atom is -0.461 e. The minimum absolute atomic E-state index is 0.0218. The molecule has 1 amide bonds. The fraction of sp³-hybridized carbons (Fsp3) is 0.684. The third-order valence-corrected chi connectivity index (χ3v) is 4.11. The second kappa shape index (κ2) is 9.04. The van der Waals surface area contributed by atoms with Crippen molar-refractivity contribution < 1.29 is 23.5 Å². The van der Waals surface area contributed by atoms with Crippen LogP contribution in [0.5, 0.6) is 0 Å². The van der Waals surface area contributed by atoms with Crippen LogP contribution in [0.2, 0.25) is 0 Å². The molecule has 0 spiro atoms. The summed E-state index contributed by atoms with van der Waals surface area (Å²) in [7, 11) is 0. The smallest absolute Gasteiger partial charge is 0.410 e. The SMILES string of the molecule is CC(C)(C)OC(=O)N1CCCC[C@@H]1CCCOCC(=O)c1ccco1. The van der Waals surface area contributed by atoms with Crippen LogP contribution in [0.4, 0.5) is 4.79 Å². The molecule has 140 valence electrons. The zero-order valence-corrected chi connectivity index (χ0v) is 15.5. The lowest BCUT2D eigenvalue weighted by Crippen LogP contribution is -2.46. The van der Waals surface area contributed by atoms with E-state index in [1.807, 2.05) is 25.7 Å². The Hall–Kier alpha value is -1.82. The van der Waals surface area contributed by atoms with Crippen molar-refractivity contribution in [1.29, 1.82) is 0 Å². The van der Waals surface area contributed by atoms with Crippen LogP contribution in [-0.2, 0) is 9.47 Å². The number of amides is 1. The van der Waals surface area contributed by atoms with Crippen LogP contribution in [0.1, 0.15) is 63.4 Å². The average molecular weight is 351 g/mol. The van der Waals surface area contributed by atoms with E-state index in [0.717, 1.165) is 38.6 Å². The van der Waals surface area contributed by atoms with Gasteiger partial charge >= 0.3 is 6.09 Å². The van der Waals surface area contributed by atoms with Gasteiger partial charge in [-0.3, -0.25) is 4.79 Å². The van der Waals surface area contributed by atoms with Crippen molar-refractivity contribution in [3.63, 3.8) is 0 Å². The van der Waals surface area contributed by atoms with Gasteiger partial charge < -0.3 is 18.8 Å². The average Bonchev–Trinajstić information content (AvgIpc) is 3.07. The number of piperidine rings is 1. The number of rotatable bonds is 7. The fourth-order valence-electron chi connectivity index (χ4n) is 2.96. The highest BCUT2D eigenvalue weighted by Crippen LogP contribution is 2.23. The van der Waals surface area contributed by atoms with E-state index in [1.165, 1.54) is 6.26 Å². The zero-order valence-electron chi connectivity index (χ0n) is 15.5. The highest BCUT2D eigenvalue weighted by molar-refractivity contribution is 5.94. The van der Waals surface area contributed by atoms with E-state index in [2.05, 4.69) is 0 Å². The summed E-state index contributed by atoms with van der Waals surface area (Å²) in [6, 6.07) is 3.50. The van der Waals surface area contributed by atoms with Crippen LogP contribution in [0.15, 0.2) is 22.8 Å². The number of ether oxygens (including phenoxy) is 2. The van der Waals surface area contributed by atoms with Gasteiger partial charge in [0.05, 0.1) is 6.26 Å². The summed E-state index contributed by atoms with van der Waals surface area (Å²) >= 11 is 0.